The molecule has 1 nitrogen and oxygen atoms in total. The van der Waals surface area contributed by atoms with Crippen molar-refractivity contribution in [2.24, 2.45) is 11.3 Å². The monoisotopic (exact) mass is 144 g/mol. The van der Waals surface area contributed by atoms with E-state index in [0.29, 0.717) is 17.9 Å². The Kier molecular flexibility index (Phi) is 3.95. The normalized spacial score (nSPS) is 15.3. The molecular weight excluding hydrogens is 124 g/mol. The van der Waals surface area contributed by atoms with Gasteiger partial charge in [-0.25, -0.2) is 0 Å². The molecule has 0 bridgehead atoms. The summed E-state index contributed by atoms with van der Waals surface area (Å²) in [6.07, 6.45) is 2.34. The average molecular weight is 144 g/mol. The van der Waals surface area contributed by atoms with Gasteiger partial charge in [-0.1, -0.05) is 27.7 Å². The lowest BCUT2D eigenvalue weighted by Gasteiger charge is -2.19. The molecule has 0 aliphatic carbocycles. The maximum atomic E-state index is 8.73. The topological polar surface area (TPSA) is 20.2 Å². The molecular formula is C9H20O. The van der Waals surface area contributed by atoms with Gasteiger partial charge in [-0.05, 0) is 24.2 Å². The number of hydrogen-bond donors (Lipinski definition) is 1. The molecule has 0 saturated heterocycles. The van der Waals surface area contributed by atoms with Gasteiger partial charge in [0.05, 0.1) is 0 Å². The van der Waals surface area contributed by atoms with Crippen molar-refractivity contribution in [1.82, 2.24) is 0 Å². The Labute approximate surface area is 64.5 Å². The van der Waals surface area contributed by atoms with Crippen molar-refractivity contribution < 1.29 is 5.11 Å². The molecule has 0 amide bonds. The molecule has 1 N–H and O–H groups in total. The molecule has 1 atom stereocenters. The number of hydrogen-bond acceptors (Lipinski definition) is 1. The first kappa shape index (κ1) is 9.96. The number of aliphatic hydroxyl groups excluding tert-OH is 1. The van der Waals surface area contributed by atoms with E-state index < -0.39 is 0 Å². The van der Waals surface area contributed by atoms with Crippen LogP contribution in [0.15, 0.2) is 0 Å². The van der Waals surface area contributed by atoms with Crippen LogP contribution in [0, 0.1) is 11.3 Å². The first-order valence-corrected chi connectivity index (χ1v) is 4.06. The highest BCUT2D eigenvalue weighted by Gasteiger charge is 2.11. The molecule has 0 spiro atoms. The highest BCUT2D eigenvalue weighted by Crippen LogP contribution is 2.22. The van der Waals surface area contributed by atoms with Crippen LogP contribution in [0.2, 0.25) is 0 Å². The quantitative estimate of drug-likeness (QED) is 0.645. The molecule has 0 aromatic heterocycles. The first-order chi connectivity index (χ1) is 4.45. The minimum atomic E-state index is 0.329. The fourth-order valence-electron chi connectivity index (χ4n) is 0.771. The molecule has 0 rings (SSSR count). The van der Waals surface area contributed by atoms with Gasteiger partial charge in [0.25, 0.3) is 0 Å². The van der Waals surface area contributed by atoms with Crippen LogP contribution >= 0.6 is 0 Å². The lowest BCUT2D eigenvalue weighted by Crippen LogP contribution is -2.09. The van der Waals surface area contributed by atoms with Gasteiger partial charge in [0.15, 0.2) is 0 Å². The lowest BCUT2D eigenvalue weighted by atomic mass is 9.87. The van der Waals surface area contributed by atoms with Crippen molar-refractivity contribution in [3.05, 3.63) is 0 Å². The van der Waals surface area contributed by atoms with Crippen LogP contribution in [-0.4, -0.2) is 11.7 Å². The summed E-state index contributed by atoms with van der Waals surface area (Å²) in [6.45, 7) is 9.12. The predicted octanol–water partition coefficient (Wildman–Crippen LogP) is 2.44. The van der Waals surface area contributed by atoms with E-state index in [1.54, 1.807) is 0 Å². The molecule has 0 radical (unpaired) electrons. The molecule has 1 unspecified atom stereocenters. The summed E-state index contributed by atoms with van der Waals surface area (Å²) < 4.78 is 0. The van der Waals surface area contributed by atoms with Crippen LogP contribution in [0.3, 0.4) is 0 Å². The standard InChI is InChI=1S/C9H20O/c1-8(7-10)5-6-9(2,3)4/h8,10H,5-7H2,1-4H3. The van der Waals surface area contributed by atoms with Crippen molar-refractivity contribution >= 4 is 0 Å². The minimum absolute atomic E-state index is 0.329. The second-order valence-corrected chi connectivity index (χ2v) is 4.39. The van der Waals surface area contributed by atoms with Crippen molar-refractivity contribution in [2.75, 3.05) is 6.61 Å². The summed E-state index contributed by atoms with van der Waals surface area (Å²) in [4.78, 5) is 0. The second kappa shape index (κ2) is 3.97. The van der Waals surface area contributed by atoms with Crippen molar-refractivity contribution in [3.63, 3.8) is 0 Å². The zero-order valence-electron chi connectivity index (χ0n) is 7.65. The maximum absolute atomic E-state index is 8.73. The van der Waals surface area contributed by atoms with Gasteiger partial charge in [0.2, 0.25) is 0 Å². The van der Waals surface area contributed by atoms with Crippen molar-refractivity contribution in [3.8, 4) is 0 Å². The Morgan fingerprint density at radius 2 is 1.80 bits per heavy atom. The van der Waals surface area contributed by atoms with E-state index >= 15 is 0 Å². The van der Waals surface area contributed by atoms with Crippen LogP contribution in [0.4, 0.5) is 0 Å². The summed E-state index contributed by atoms with van der Waals surface area (Å²) in [6, 6.07) is 0. The van der Waals surface area contributed by atoms with Gasteiger partial charge in [-0.15, -0.1) is 0 Å². The third-order valence-electron chi connectivity index (χ3n) is 1.70. The largest absolute Gasteiger partial charge is 0.396 e. The van der Waals surface area contributed by atoms with Crippen LogP contribution in [0.1, 0.15) is 40.5 Å². The Morgan fingerprint density at radius 1 is 1.30 bits per heavy atom. The van der Waals surface area contributed by atoms with E-state index in [1.165, 1.54) is 6.42 Å². The van der Waals surface area contributed by atoms with Gasteiger partial charge in [-0.3, -0.25) is 0 Å². The van der Waals surface area contributed by atoms with Crippen LogP contribution in [0.25, 0.3) is 0 Å². The van der Waals surface area contributed by atoms with Crippen LogP contribution in [0.5, 0.6) is 0 Å². The Bertz CT molecular complexity index is 81.2. The van der Waals surface area contributed by atoms with Gasteiger partial charge in [-0.2, -0.15) is 0 Å². The van der Waals surface area contributed by atoms with Crippen LogP contribution in [-0.2, 0) is 0 Å². The van der Waals surface area contributed by atoms with Crippen molar-refractivity contribution in [1.29, 1.82) is 0 Å². The fourth-order valence-corrected chi connectivity index (χ4v) is 0.771. The Balaban J connectivity index is 3.36. The molecule has 0 aliphatic heterocycles. The van der Waals surface area contributed by atoms with Crippen molar-refractivity contribution in [2.45, 2.75) is 40.5 Å². The van der Waals surface area contributed by atoms with Gasteiger partial charge in [0.1, 0.15) is 0 Å². The smallest absolute Gasteiger partial charge is 0.0456 e. The van der Waals surface area contributed by atoms with Gasteiger partial charge < -0.3 is 5.11 Å². The summed E-state index contributed by atoms with van der Waals surface area (Å²) in [5.41, 5.74) is 0.420. The third kappa shape index (κ3) is 6.09. The molecule has 0 aliphatic rings. The van der Waals surface area contributed by atoms with E-state index in [2.05, 4.69) is 27.7 Å². The van der Waals surface area contributed by atoms with E-state index in [1.807, 2.05) is 0 Å². The van der Waals surface area contributed by atoms with E-state index in [-0.39, 0.29) is 0 Å². The molecule has 0 aromatic carbocycles. The molecule has 10 heavy (non-hydrogen) atoms. The van der Waals surface area contributed by atoms with Gasteiger partial charge >= 0.3 is 0 Å². The average Bonchev–Trinajstić information content (AvgIpc) is 1.81. The molecule has 0 aromatic rings. The molecule has 1 heteroatoms. The molecule has 0 saturated carbocycles. The number of aliphatic hydroxyl groups is 1. The SMILES string of the molecule is CC(CO)CCC(C)(C)C. The summed E-state index contributed by atoms with van der Waals surface area (Å²) >= 11 is 0. The Morgan fingerprint density at radius 3 is 2.10 bits per heavy atom. The first-order valence-electron chi connectivity index (χ1n) is 4.06. The Hall–Kier alpha value is -0.0400. The predicted molar refractivity (Wildman–Crippen MR) is 44.9 cm³/mol. The van der Waals surface area contributed by atoms with Crippen LogP contribution < -0.4 is 0 Å². The third-order valence-corrected chi connectivity index (χ3v) is 1.70. The molecule has 0 fully saturated rings. The summed E-state index contributed by atoms with van der Waals surface area (Å²) in [5.74, 6) is 0.472. The highest BCUT2D eigenvalue weighted by atomic mass is 16.3. The maximum Gasteiger partial charge on any atom is 0.0456 e. The molecule has 62 valence electrons. The molecule has 0 heterocycles. The fraction of sp³-hybridized carbons (Fsp3) is 1.00. The second-order valence-electron chi connectivity index (χ2n) is 4.39. The van der Waals surface area contributed by atoms with Gasteiger partial charge in [0, 0.05) is 6.61 Å². The number of rotatable bonds is 3. The minimum Gasteiger partial charge on any atom is -0.396 e. The summed E-state index contributed by atoms with van der Waals surface area (Å²) in [7, 11) is 0. The van der Waals surface area contributed by atoms with E-state index in [4.69, 9.17) is 5.11 Å². The van der Waals surface area contributed by atoms with E-state index in [9.17, 15) is 0 Å². The zero-order valence-corrected chi connectivity index (χ0v) is 7.65. The zero-order chi connectivity index (χ0) is 8.20. The highest BCUT2D eigenvalue weighted by molar-refractivity contribution is 4.63. The lowest BCUT2D eigenvalue weighted by molar-refractivity contribution is 0.212. The van der Waals surface area contributed by atoms with E-state index in [0.717, 1.165) is 6.42 Å². The summed E-state index contributed by atoms with van der Waals surface area (Å²) in [5, 5.41) is 8.73.